The molecule has 11 heteroatoms. The van der Waals surface area contributed by atoms with Crippen LogP contribution in [0, 0.1) is 12.3 Å². The molecule has 41 heavy (non-hydrogen) atoms. The van der Waals surface area contributed by atoms with E-state index in [1.807, 2.05) is 6.92 Å². The molecular formula is C30H29ClN2O7S. The van der Waals surface area contributed by atoms with Crippen molar-refractivity contribution in [3.8, 4) is 35.3 Å². The van der Waals surface area contributed by atoms with Crippen LogP contribution in [0.4, 0.5) is 0 Å². The standard InChI is InChI=1S/C30H29ClN2O7S/c1-7-12-40-27-20(31)13-18(14-23(27)38-8-2)15-24-28(34)33-26(19-10-11-21(36-5)22(16-19)37-6)25(29(35)39-9-3)17(4)32-30(33)41-24/h1,10-11,13-16,26H,8-9,12H2,2-6H3/t26-/m0/s1. The van der Waals surface area contributed by atoms with Crippen molar-refractivity contribution in [1.29, 1.82) is 0 Å². The molecule has 1 aliphatic rings. The van der Waals surface area contributed by atoms with E-state index < -0.39 is 12.0 Å². The van der Waals surface area contributed by atoms with Crippen molar-refractivity contribution in [3.05, 3.63) is 77.4 Å². The fraction of sp³-hybridized carbons (Fsp3) is 0.300. The number of terminal acetylenes is 1. The maximum atomic E-state index is 14.0. The third-order valence-corrected chi connectivity index (χ3v) is 7.43. The third-order valence-electron chi connectivity index (χ3n) is 6.17. The van der Waals surface area contributed by atoms with Crippen LogP contribution in [0.5, 0.6) is 23.0 Å². The Morgan fingerprint density at radius 2 is 1.88 bits per heavy atom. The molecule has 0 fully saturated rings. The largest absolute Gasteiger partial charge is 0.493 e. The molecule has 1 aliphatic heterocycles. The van der Waals surface area contributed by atoms with Crippen LogP contribution in [0.2, 0.25) is 5.02 Å². The second-order valence-electron chi connectivity index (χ2n) is 8.67. The van der Waals surface area contributed by atoms with Gasteiger partial charge in [0.15, 0.2) is 27.8 Å². The monoisotopic (exact) mass is 596 g/mol. The summed E-state index contributed by atoms with van der Waals surface area (Å²) in [5, 5.41) is 0.286. The van der Waals surface area contributed by atoms with E-state index in [1.165, 1.54) is 30.1 Å². The molecule has 0 bridgehead atoms. The lowest BCUT2D eigenvalue weighted by atomic mass is 9.95. The molecule has 0 aliphatic carbocycles. The van der Waals surface area contributed by atoms with Gasteiger partial charge in [-0.15, -0.1) is 6.42 Å². The van der Waals surface area contributed by atoms with Crippen LogP contribution in [0.25, 0.3) is 6.08 Å². The van der Waals surface area contributed by atoms with Gasteiger partial charge in [0.05, 0.1) is 54.3 Å². The number of carbonyl (C=O) groups excluding carboxylic acids is 1. The normalized spacial score (nSPS) is 14.6. The molecule has 2 aromatic carbocycles. The molecule has 0 radical (unpaired) electrons. The van der Waals surface area contributed by atoms with Crippen molar-refractivity contribution < 1.29 is 28.5 Å². The minimum atomic E-state index is -0.811. The van der Waals surface area contributed by atoms with E-state index >= 15 is 0 Å². The first-order chi connectivity index (χ1) is 19.8. The van der Waals surface area contributed by atoms with E-state index in [2.05, 4.69) is 10.9 Å². The Hall–Kier alpha value is -4.20. The van der Waals surface area contributed by atoms with E-state index in [4.69, 9.17) is 41.7 Å². The molecule has 0 amide bonds. The van der Waals surface area contributed by atoms with Crippen molar-refractivity contribution in [2.24, 2.45) is 4.99 Å². The van der Waals surface area contributed by atoms with E-state index in [9.17, 15) is 9.59 Å². The second kappa shape index (κ2) is 13.0. The van der Waals surface area contributed by atoms with Crippen LogP contribution in [-0.4, -0.2) is 44.6 Å². The molecule has 1 aromatic heterocycles. The summed E-state index contributed by atoms with van der Waals surface area (Å²) in [6, 6.07) is 7.82. The van der Waals surface area contributed by atoms with Crippen molar-refractivity contribution in [1.82, 2.24) is 4.57 Å². The molecule has 3 aromatic rings. The molecule has 0 saturated heterocycles. The fourth-order valence-electron chi connectivity index (χ4n) is 4.47. The molecule has 214 valence electrons. The van der Waals surface area contributed by atoms with Gasteiger partial charge in [-0.2, -0.15) is 0 Å². The first kappa shape index (κ1) is 29.8. The Morgan fingerprint density at radius 3 is 2.54 bits per heavy atom. The third kappa shape index (κ3) is 5.97. The van der Waals surface area contributed by atoms with Gasteiger partial charge < -0.3 is 23.7 Å². The van der Waals surface area contributed by atoms with Crippen LogP contribution < -0.4 is 33.8 Å². The molecule has 1 atom stereocenters. The van der Waals surface area contributed by atoms with Crippen LogP contribution in [0.15, 0.2) is 51.4 Å². The van der Waals surface area contributed by atoms with Crippen LogP contribution in [0.1, 0.15) is 37.9 Å². The fourth-order valence-corrected chi connectivity index (χ4v) is 5.79. The van der Waals surface area contributed by atoms with Crippen LogP contribution in [0.3, 0.4) is 0 Å². The van der Waals surface area contributed by atoms with E-state index in [1.54, 1.807) is 50.3 Å². The van der Waals surface area contributed by atoms with Gasteiger partial charge in [0.2, 0.25) is 0 Å². The summed E-state index contributed by atoms with van der Waals surface area (Å²) in [4.78, 5) is 32.2. The first-order valence-electron chi connectivity index (χ1n) is 12.7. The minimum Gasteiger partial charge on any atom is -0.493 e. The Morgan fingerprint density at radius 1 is 1.12 bits per heavy atom. The molecule has 0 spiro atoms. The Bertz CT molecular complexity index is 1730. The number of fused-ring (bicyclic) bond motifs is 1. The average molecular weight is 597 g/mol. The zero-order valence-corrected chi connectivity index (χ0v) is 24.9. The number of halogens is 1. The molecule has 0 saturated carbocycles. The topological polar surface area (TPSA) is 97.6 Å². The second-order valence-corrected chi connectivity index (χ2v) is 10.1. The van der Waals surface area contributed by atoms with Gasteiger partial charge in [-0.05, 0) is 62.2 Å². The summed E-state index contributed by atoms with van der Waals surface area (Å²) < 4.78 is 29.4. The van der Waals surface area contributed by atoms with Crippen molar-refractivity contribution in [2.45, 2.75) is 26.8 Å². The highest BCUT2D eigenvalue weighted by Crippen LogP contribution is 2.38. The van der Waals surface area contributed by atoms with Crippen molar-refractivity contribution >= 4 is 35.0 Å². The lowest BCUT2D eigenvalue weighted by Gasteiger charge is -2.25. The average Bonchev–Trinajstić information content (AvgIpc) is 3.25. The molecule has 0 N–H and O–H groups in total. The summed E-state index contributed by atoms with van der Waals surface area (Å²) in [7, 11) is 3.05. The maximum absolute atomic E-state index is 14.0. The van der Waals surface area contributed by atoms with Gasteiger partial charge in [-0.25, -0.2) is 9.79 Å². The van der Waals surface area contributed by atoms with E-state index in [0.717, 1.165) is 0 Å². The number of carbonyl (C=O) groups is 1. The molecule has 9 nitrogen and oxygen atoms in total. The molecule has 2 heterocycles. The zero-order valence-electron chi connectivity index (χ0n) is 23.3. The van der Waals surface area contributed by atoms with Gasteiger partial charge in [0, 0.05) is 0 Å². The quantitative estimate of drug-likeness (QED) is 0.259. The first-order valence-corrected chi connectivity index (χ1v) is 13.9. The van der Waals surface area contributed by atoms with E-state index in [-0.39, 0.29) is 29.4 Å². The number of ether oxygens (including phenoxy) is 5. The zero-order chi connectivity index (χ0) is 29.7. The smallest absolute Gasteiger partial charge is 0.338 e. The maximum Gasteiger partial charge on any atom is 0.338 e. The van der Waals surface area contributed by atoms with Gasteiger partial charge >= 0.3 is 5.97 Å². The van der Waals surface area contributed by atoms with Crippen LogP contribution in [-0.2, 0) is 9.53 Å². The summed E-state index contributed by atoms with van der Waals surface area (Å²) in [5.41, 5.74) is 1.61. The Labute approximate surface area is 246 Å². The Balaban J connectivity index is 1.93. The number of rotatable bonds is 10. The van der Waals surface area contributed by atoms with Gasteiger partial charge in [-0.3, -0.25) is 9.36 Å². The van der Waals surface area contributed by atoms with Gasteiger partial charge in [-0.1, -0.05) is 34.9 Å². The highest BCUT2D eigenvalue weighted by atomic mass is 35.5. The SMILES string of the molecule is C#CCOc1c(Cl)cc(C=c2sc3n(c2=O)[C@@H](c2ccc(OC)c(OC)c2)C(C(=O)OCC)=C(C)N=3)cc1OCC. The molecular weight excluding hydrogens is 568 g/mol. The number of thiazole rings is 1. The number of nitrogens with zero attached hydrogens (tertiary/aromatic N) is 2. The summed E-state index contributed by atoms with van der Waals surface area (Å²) in [6.45, 7) is 5.84. The van der Waals surface area contributed by atoms with Gasteiger partial charge in [0.1, 0.15) is 6.61 Å². The predicted molar refractivity (Wildman–Crippen MR) is 157 cm³/mol. The number of hydrogen-bond acceptors (Lipinski definition) is 9. The predicted octanol–water partition coefficient (Wildman–Crippen LogP) is 3.88. The highest BCUT2D eigenvalue weighted by Gasteiger charge is 2.34. The van der Waals surface area contributed by atoms with Crippen molar-refractivity contribution in [2.75, 3.05) is 34.0 Å². The number of methoxy groups -OCH3 is 2. The lowest BCUT2D eigenvalue weighted by molar-refractivity contribution is -0.139. The number of esters is 1. The van der Waals surface area contributed by atoms with Crippen LogP contribution >= 0.6 is 22.9 Å². The summed E-state index contributed by atoms with van der Waals surface area (Å²) in [5.74, 6) is 3.55. The Kier molecular flexibility index (Phi) is 9.42. The van der Waals surface area contributed by atoms with Gasteiger partial charge in [0.25, 0.3) is 5.56 Å². The number of hydrogen-bond donors (Lipinski definition) is 0. The number of benzene rings is 2. The lowest BCUT2D eigenvalue weighted by Crippen LogP contribution is -2.40. The molecule has 0 unspecified atom stereocenters. The molecule has 4 rings (SSSR count). The van der Waals surface area contributed by atoms with Crippen molar-refractivity contribution in [3.63, 3.8) is 0 Å². The highest BCUT2D eigenvalue weighted by molar-refractivity contribution is 7.07. The summed E-state index contributed by atoms with van der Waals surface area (Å²) >= 11 is 7.69. The number of aromatic nitrogens is 1. The number of allylic oxidation sites excluding steroid dienone is 1. The van der Waals surface area contributed by atoms with E-state index in [0.29, 0.717) is 55.8 Å². The minimum absolute atomic E-state index is 0.0238. The summed E-state index contributed by atoms with van der Waals surface area (Å²) in [6.07, 6.45) is 7.02.